The molecule has 1 aromatic heterocycles. The van der Waals surface area contributed by atoms with Crippen molar-refractivity contribution in [1.82, 2.24) is 9.97 Å². The molecular formula is C24H25N5O4. The highest BCUT2D eigenvalue weighted by Crippen LogP contribution is 2.36. The molecule has 0 saturated carbocycles. The fraction of sp³-hybridized carbons (Fsp3) is 0.333. The third-order valence-corrected chi connectivity index (χ3v) is 6.23. The van der Waals surface area contributed by atoms with Crippen molar-refractivity contribution in [3.63, 3.8) is 0 Å². The van der Waals surface area contributed by atoms with Crippen molar-refractivity contribution in [3.05, 3.63) is 42.5 Å². The first-order valence-corrected chi connectivity index (χ1v) is 10.8. The monoisotopic (exact) mass is 447 g/mol. The van der Waals surface area contributed by atoms with Crippen LogP contribution in [-0.2, 0) is 9.59 Å². The van der Waals surface area contributed by atoms with Gasteiger partial charge in [0.05, 0.1) is 31.2 Å². The van der Waals surface area contributed by atoms with E-state index in [0.717, 1.165) is 11.0 Å². The molecule has 170 valence electrons. The van der Waals surface area contributed by atoms with Gasteiger partial charge in [0.15, 0.2) is 23.1 Å². The number of likely N-dealkylation sites (N-methyl/N-ethyl adjacent to an activating group) is 1. The second-order valence-corrected chi connectivity index (χ2v) is 8.22. The fourth-order valence-corrected chi connectivity index (χ4v) is 4.43. The summed E-state index contributed by atoms with van der Waals surface area (Å²) in [5.74, 6) is 1.67. The Morgan fingerprint density at radius 2 is 1.67 bits per heavy atom. The average Bonchev–Trinajstić information content (AvgIpc) is 3.24. The Balaban J connectivity index is 1.43. The molecule has 0 N–H and O–H groups in total. The summed E-state index contributed by atoms with van der Waals surface area (Å²) in [4.78, 5) is 41.2. The average molecular weight is 447 g/mol. The summed E-state index contributed by atoms with van der Waals surface area (Å²) in [6.07, 6.45) is 0.149. The van der Waals surface area contributed by atoms with Crippen LogP contribution < -0.4 is 24.2 Å². The Morgan fingerprint density at radius 1 is 0.970 bits per heavy atom. The van der Waals surface area contributed by atoms with E-state index >= 15 is 0 Å². The maximum atomic E-state index is 13.6. The van der Waals surface area contributed by atoms with Gasteiger partial charge in [-0.05, 0) is 24.3 Å². The Labute approximate surface area is 191 Å². The molecule has 2 aliphatic rings. The number of amides is 2. The van der Waals surface area contributed by atoms with Gasteiger partial charge in [0.2, 0.25) is 11.8 Å². The molecular weight excluding hydrogens is 422 g/mol. The number of para-hydroxylation sites is 2. The number of hydrogen-bond acceptors (Lipinski definition) is 7. The van der Waals surface area contributed by atoms with Crippen molar-refractivity contribution >= 4 is 40.2 Å². The zero-order chi connectivity index (χ0) is 23.1. The van der Waals surface area contributed by atoms with Gasteiger partial charge in [-0.1, -0.05) is 12.1 Å². The van der Waals surface area contributed by atoms with Crippen LogP contribution in [0, 0.1) is 5.92 Å². The topological polar surface area (TPSA) is 88.1 Å². The normalized spacial score (nSPS) is 18.0. The molecule has 0 aliphatic carbocycles. The molecule has 1 saturated heterocycles. The Morgan fingerprint density at radius 3 is 2.36 bits per heavy atom. The minimum atomic E-state index is -0.463. The van der Waals surface area contributed by atoms with Gasteiger partial charge in [-0.25, -0.2) is 9.97 Å². The van der Waals surface area contributed by atoms with Crippen LogP contribution in [0.15, 0.2) is 42.5 Å². The summed E-state index contributed by atoms with van der Waals surface area (Å²) < 4.78 is 10.7. The number of rotatable bonds is 4. The van der Waals surface area contributed by atoms with Crippen molar-refractivity contribution in [3.8, 4) is 11.5 Å². The van der Waals surface area contributed by atoms with Crippen LogP contribution in [0.3, 0.4) is 0 Å². The molecule has 0 spiro atoms. The van der Waals surface area contributed by atoms with E-state index in [2.05, 4.69) is 0 Å². The minimum absolute atomic E-state index is 0.0977. The number of methoxy groups -OCH3 is 2. The largest absolute Gasteiger partial charge is 0.493 e. The molecule has 0 bridgehead atoms. The fourth-order valence-electron chi connectivity index (χ4n) is 4.43. The third kappa shape index (κ3) is 3.59. The molecule has 5 rings (SSSR count). The van der Waals surface area contributed by atoms with Crippen molar-refractivity contribution in [2.24, 2.45) is 5.92 Å². The van der Waals surface area contributed by atoms with Gasteiger partial charge >= 0.3 is 0 Å². The van der Waals surface area contributed by atoms with E-state index in [1.807, 2.05) is 36.2 Å². The summed E-state index contributed by atoms with van der Waals surface area (Å²) in [5, 5.41) is 0. The standard InChI is InChI=1S/C24H25N5O4/c1-27-10-11-28(23-22(27)25-17-6-4-5-7-18(17)26-23)24(31)15-12-21(30)29(14-15)16-8-9-19(32-2)20(13-16)33-3/h4-9,13,15H,10-12,14H2,1-3H3/t15-/m0/s1. The van der Waals surface area contributed by atoms with E-state index in [1.54, 1.807) is 42.2 Å². The number of nitrogens with zero attached hydrogens (tertiary/aromatic N) is 5. The SMILES string of the molecule is COc1ccc(N2C[C@@H](C(=O)N3CCN(C)c4nc5ccccc5nc43)CC2=O)cc1OC. The first kappa shape index (κ1) is 21.0. The minimum Gasteiger partial charge on any atom is -0.493 e. The van der Waals surface area contributed by atoms with Crippen LogP contribution in [0.1, 0.15) is 6.42 Å². The van der Waals surface area contributed by atoms with Crippen LogP contribution in [0.5, 0.6) is 11.5 Å². The molecule has 1 fully saturated rings. The maximum Gasteiger partial charge on any atom is 0.233 e. The Hall–Kier alpha value is -3.88. The highest BCUT2D eigenvalue weighted by molar-refractivity contribution is 6.05. The van der Waals surface area contributed by atoms with Gasteiger partial charge in [0.25, 0.3) is 0 Å². The van der Waals surface area contributed by atoms with Gasteiger partial charge in [-0.3, -0.25) is 14.5 Å². The Bertz CT molecular complexity index is 1250. The molecule has 2 aromatic carbocycles. The van der Waals surface area contributed by atoms with Crippen molar-refractivity contribution in [2.75, 3.05) is 55.6 Å². The summed E-state index contributed by atoms with van der Waals surface area (Å²) in [6.45, 7) is 1.44. The highest BCUT2D eigenvalue weighted by Gasteiger charge is 2.40. The van der Waals surface area contributed by atoms with Crippen LogP contribution in [0.4, 0.5) is 17.3 Å². The zero-order valence-electron chi connectivity index (χ0n) is 18.8. The molecule has 3 heterocycles. The van der Waals surface area contributed by atoms with E-state index in [0.29, 0.717) is 48.5 Å². The number of benzene rings is 2. The van der Waals surface area contributed by atoms with E-state index in [1.165, 1.54) is 0 Å². The van der Waals surface area contributed by atoms with Crippen LogP contribution in [0.2, 0.25) is 0 Å². The van der Waals surface area contributed by atoms with Gasteiger partial charge in [-0.2, -0.15) is 0 Å². The van der Waals surface area contributed by atoms with Gasteiger partial charge in [0.1, 0.15) is 0 Å². The van der Waals surface area contributed by atoms with E-state index < -0.39 is 5.92 Å². The summed E-state index contributed by atoms with van der Waals surface area (Å²) in [7, 11) is 5.06. The lowest BCUT2D eigenvalue weighted by atomic mass is 10.1. The number of aromatic nitrogens is 2. The smallest absolute Gasteiger partial charge is 0.233 e. The molecule has 0 unspecified atom stereocenters. The molecule has 2 amide bonds. The first-order valence-electron chi connectivity index (χ1n) is 10.8. The summed E-state index contributed by atoms with van der Waals surface area (Å²) in [5.41, 5.74) is 2.20. The lowest BCUT2D eigenvalue weighted by molar-refractivity contribution is -0.124. The van der Waals surface area contributed by atoms with Crippen molar-refractivity contribution < 1.29 is 19.1 Å². The van der Waals surface area contributed by atoms with E-state index in [4.69, 9.17) is 19.4 Å². The quantitative estimate of drug-likeness (QED) is 0.607. The van der Waals surface area contributed by atoms with Crippen molar-refractivity contribution in [1.29, 1.82) is 0 Å². The van der Waals surface area contributed by atoms with Gasteiger partial charge in [-0.15, -0.1) is 0 Å². The highest BCUT2D eigenvalue weighted by atomic mass is 16.5. The molecule has 33 heavy (non-hydrogen) atoms. The van der Waals surface area contributed by atoms with Crippen molar-refractivity contribution in [2.45, 2.75) is 6.42 Å². The van der Waals surface area contributed by atoms with E-state index in [-0.39, 0.29) is 18.2 Å². The Kier molecular flexibility index (Phi) is 5.24. The number of fused-ring (bicyclic) bond motifs is 2. The number of carbonyl (C=O) groups is 2. The van der Waals surface area contributed by atoms with Gasteiger partial charge in [0, 0.05) is 44.9 Å². The first-order chi connectivity index (χ1) is 16.0. The van der Waals surface area contributed by atoms with E-state index in [9.17, 15) is 9.59 Å². The zero-order valence-corrected chi connectivity index (χ0v) is 18.8. The van der Waals surface area contributed by atoms with Crippen LogP contribution >= 0.6 is 0 Å². The molecule has 9 heteroatoms. The predicted octanol–water partition coefficient (Wildman–Crippen LogP) is 2.48. The maximum absolute atomic E-state index is 13.6. The number of ether oxygens (including phenoxy) is 2. The molecule has 1 atom stereocenters. The predicted molar refractivity (Wildman–Crippen MR) is 125 cm³/mol. The number of carbonyl (C=O) groups excluding carboxylic acids is 2. The van der Waals surface area contributed by atoms with Crippen LogP contribution in [0.25, 0.3) is 11.0 Å². The molecule has 0 radical (unpaired) electrons. The summed E-state index contributed by atoms with van der Waals surface area (Å²) >= 11 is 0. The lowest BCUT2D eigenvalue weighted by Gasteiger charge is -2.34. The molecule has 9 nitrogen and oxygen atoms in total. The molecule has 2 aliphatic heterocycles. The van der Waals surface area contributed by atoms with Crippen LogP contribution in [-0.4, -0.2) is 62.7 Å². The number of hydrogen-bond donors (Lipinski definition) is 0. The second-order valence-electron chi connectivity index (χ2n) is 8.22. The second kappa shape index (κ2) is 8.23. The van der Waals surface area contributed by atoms with Gasteiger partial charge < -0.3 is 19.3 Å². The molecule has 3 aromatic rings. The number of anilines is 3. The summed E-state index contributed by atoms with van der Waals surface area (Å²) in [6, 6.07) is 12.9. The third-order valence-electron chi connectivity index (χ3n) is 6.23. The lowest BCUT2D eigenvalue weighted by Crippen LogP contribution is -2.46.